The Morgan fingerprint density at radius 2 is 2.28 bits per heavy atom. The minimum Gasteiger partial charge on any atom is -0.337 e. The molecule has 2 heterocycles. The fourth-order valence-corrected chi connectivity index (χ4v) is 2.68. The zero-order valence-electron chi connectivity index (χ0n) is 9.79. The van der Waals surface area contributed by atoms with E-state index in [1.807, 2.05) is 0 Å². The molecule has 1 aliphatic rings. The van der Waals surface area contributed by atoms with Gasteiger partial charge in [0.25, 0.3) is 5.91 Å². The Balaban J connectivity index is 2.11. The van der Waals surface area contributed by atoms with Crippen LogP contribution in [-0.4, -0.2) is 34.6 Å². The van der Waals surface area contributed by atoms with Crippen LogP contribution >= 0.6 is 11.3 Å². The van der Waals surface area contributed by atoms with E-state index in [0.717, 1.165) is 11.3 Å². The molecule has 0 spiro atoms. The third kappa shape index (κ3) is 2.40. The van der Waals surface area contributed by atoms with Crippen LogP contribution in [0.1, 0.15) is 23.0 Å². The second-order valence-electron chi connectivity index (χ2n) is 4.26. The number of likely N-dealkylation sites (tertiary alicyclic amines) is 1. The first-order valence-corrected chi connectivity index (χ1v) is 6.37. The highest BCUT2D eigenvalue weighted by Gasteiger charge is 2.28. The minimum absolute atomic E-state index is 0.0421. The smallest absolute Gasteiger partial charge is 0.324 e. The van der Waals surface area contributed by atoms with Crippen LogP contribution in [0, 0.1) is 16.0 Å². The standard InChI is InChI=1S/C11H12N2O4S/c1-7-6-12(5-4-8(7)14)11(15)9-2-3-10(18-9)13(16)17/h2-3,7H,4-6H2,1H3. The molecule has 0 N–H and O–H groups in total. The van der Waals surface area contributed by atoms with E-state index in [1.165, 1.54) is 12.1 Å². The number of ketones is 1. The van der Waals surface area contributed by atoms with Crippen molar-refractivity contribution < 1.29 is 14.5 Å². The average molecular weight is 268 g/mol. The lowest BCUT2D eigenvalue weighted by Crippen LogP contribution is -2.42. The van der Waals surface area contributed by atoms with Gasteiger partial charge in [-0.25, -0.2) is 0 Å². The minimum atomic E-state index is -0.510. The molecular formula is C11H12N2O4S. The summed E-state index contributed by atoms with van der Waals surface area (Å²) in [4.78, 5) is 35.4. The van der Waals surface area contributed by atoms with E-state index in [-0.39, 0.29) is 22.6 Å². The van der Waals surface area contributed by atoms with Gasteiger partial charge in [-0.3, -0.25) is 19.7 Å². The number of hydrogen-bond acceptors (Lipinski definition) is 5. The molecule has 1 unspecified atom stereocenters. The largest absolute Gasteiger partial charge is 0.337 e. The molecule has 6 nitrogen and oxygen atoms in total. The Kier molecular flexibility index (Phi) is 3.42. The Labute approximate surface area is 107 Å². The maximum absolute atomic E-state index is 12.1. The molecule has 0 radical (unpaired) electrons. The summed E-state index contributed by atoms with van der Waals surface area (Å²) in [6.07, 6.45) is 0.361. The van der Waals surface area contributed by atoms with Crippen molar-refractivity contribution in [3.05, 3.63) is 27.1 Å². The second-order valence-corrected chi connectivity index (χ2v) is 5.33. The van der Waals surface area contributed by atoms with Gasteiger partial charge in [0.2, 0.25) is 0 Å². The molecule has 2 rings (SSSR count). The molecule has 1 aromatic heterocycles. The molecule has 1 atom stereocenters. The summed E-state index contributed by atoms with van der Waals surface area (Å²) < 4.78 is 0. The maximum Gasteiger partial charge on any atom is 0.324 e. The van der Waals surface area contributed by atoms with Crippen molar-refractivity contribution in [3.63, 3.8) is 0 Å². The molecule has 96 valence electrons. The van der Waals surface area contributed by atoms with E-state index in [0.29, 0.717) is 24.4 Å². The van der Waals surface area contributed by atoms with Crippen molar-refractivity contribution in [1.82, 2.24) is 4.90 Å². The van der Waals surface area contributed by atoms with Crippen LogP contribution in [0.15, 0.2) is 12.1 Å². The van der Waals surface area contributed by atoms with Gasteiger partial charge < -0.3 is 4.90 Å². The van der Waals surface area contributed by atoms with E-state index in [1.54, 1.807) is 11.8 Å². The molecule has 0 bridgehead atoms. The molecule has 1 aliphatic heterocycles. The SMILES string of the molecule is CC1CN(C(=O)c2ccc([N+](=O)[O-])s2)CCC1=O. The van der Waals surface area contributed by atoms with Gasteiger partial charge in [0, 0.05) is 31.5 Å². The van der Waals surface area contributed by atoms with Gasteiger partial charge >= 0.3 is 5.00 Å². The van der Waals surface area contributed by atoms with Crippen molar-refractivity contribution in [2.45, 2.75) is 13.3 Å². The number of rotatable bonds is 2. The predicted molar refractivity (Wildman–Crippen MR) is 65.7 cm³/mol. The summed E-state index contributed by atoms with van der Waals surface area (Å²) in [5.41, 5.74) is 0. The summed E-state index contributed by atoms with van der Waals surface area (Å²) in [5.74, 6) is -0.221. The van der Waals surface area contributed by atoms with Gasteiger partial charge in [0.15, 0.2) is 0 Å². The van der Waals surface area contributed by atoms with Gasteiger partial charge in [-0.15, -0.1) is 0 Å². The second kappa shape index (κ2) is 4.85. The van der Waals surface area contributed by atoms with Gasteiger partial charge in [-0.2, -0.15) is 0 Å². The molecule has 1 saturated heterocycles. The number of piperidine rings is 1. The van der Waals surface area contributed by atoms with E-state index in [4.69, 9.17) is 0 Å². The predicted octanol–water partition coefficient (Wildman–Crippen LogP) is 1.71. The van der Waals surface area contributed by atoms with Crippen molar-refractivity contribution in [1.29, 1.82) is 0 Å². The highest BCUT2D eigenvalue weighted by molar-refractivity contribution is 7.17. The lowest BCUT2D eigenvalue weighted by molar-refractivity contribution is -0.380. The van der Waals surface area contributed by atoms with Gasteiger partial charge in [0.1, 0.15) is 5.78 Å². The topological polar surface area (TPSA) is 80.5 Å². The molecule has 1 fully saturated rings. The lowest BCUT2D eigenvalue weighted by Gasteiger charge is -2.29. The van der Waals surface area contributed by atoms with Crippen molar-refractivity contribution in [2.24, 2.45) is 5.92 Å². The van der Waals surface area contributed by atoms with Crippen LogP contribution in [0.2, 0.25) is 0 Å². The van der Waals surface area contributed by atoms with Crippen LogP contribution in [-0.2, 0) is 4.79 Å². The van der Waals surface area contributed by atoms with Crippen LogP contribution in [0.4, 0.5) is 5.00 Å². The fourth-order valence-electron chi connectivity index (χ4n) is 1.90. The maximum atomic E-state index is 12.1. The van der Waals surface area contributed by atoms with Crippen LogP contribution in [0.5, 0.6) is 0 Å². The number of nitrogens with zero attached hydrogens (tertiary/aromatic N) is 2. The zero-order valence-corrected chi connectivity index (χ0v) is 10.6. The van der Waals surface area contributed by atoms with E-state index in [9.17, 15) is 19.7 Å². The molecule has 18 heavy (non-hydrogen) atoms. The lowest BCUT2D eigenvalue weighted by atomic mass is 9.98. The van der Waals surface area contributed by atoms with Gasteiger partial charge in [-0.05, 0) is 6.07 Å². The normalized spacial score (nSPS) is 19.9. The molecule has 0 saturated carbocycles. The summed E-state index contributed by atoms with van der Waals surface area (Å²) in [5, 5.41) is 10.5. The Bertz CT molecular complexity index is 511. The Morgan fingerprint density at radius 3 is 2.83 bits per heavy atom. The number of nitro groups is 1. The van der Waals surface area contributed by atoms with E-state index in [2.05, 4.69) is 0 Å². The molecular weight excluding hydrogens is 256 g/mol. The third-order valence-electron chi connectivity index (χ3n) is 2.94. The molecule has 0 aliphatic carbocycles. The monoisotopic (exact) mass is 268 g/mol. The zero-order chi connectivity index (χ0) is 13.3. The van der Waals surface area contributed by atoms with Crippen LogP contribution in [0.3, 0.4) is 0 Å². The quantitative estimate of drug-likeness (QED) is 0.604. The number of carbonyl (C=O) groups excluding carboxylic acids is 2. The first-order chi connectivity index (χ1) is 8.49. The summed E-state index contributed by atoms with van der Waals surface area (Å²) in [6, 6.07) is 2.79. The van der Waals surface area contributed by atoms with Gasteiger partial charge in [-0.1, -0.05) is 18.3 Å². The van der Waals surface area contributed by atoms with E-state index >= 15 is 0 Å². The Morgan fingerprint density at radius 1 is 1.56 bits per heavy atom. The van der Waals surface area contributed by atoms with Crippen LogP contribution < -0.4 is 0 Å². The Hall–Kier alpha value is -1.76. The number of thiophene rings is 1. The fraction of sp³-hybridized carbons (Fsp3) is 0.455. The first-order valence-electron chi connectivity index (χ1n) is 5.55. The van der Waals surface area contributed by atoms with Gasteiger partial charge in [0.05, 0.1) is 9.80 Å². The number of carbonyl (C=O) groups is 2. The van der Waals surface area contributed by atoms with Crippen LogP contribution in [0.25, 0.3) is 0 Å². The summed E-state index contributed by atoms with van der Waals surface area (Å²) >= 11 is 0.870. The average Bonchev–Trinajstić information content (AvgIpc) is 2.81. The van der Waals surface area contributed by atoms with Crippen molar-refractivity contribution >= 4 is 28.0 Å². The molecule has 1 aromatic rings. The molecule has 0 aromatic carbocycles. The first kappa shape index (κ1) is 12.7. The van der Waals surface area contributed by atoms with E-state index < -0.39 is 4.92 Å². The highest BCUT2D eigenvalue weighted by Crippen LogP contribution is 2.26. The van der Waals surface area contributed by atoms with Crippen molar-refractivity contribution in [2.75, 3.05) is 13.1 Å². The number of hydrogen-bond donors (Lipinski definition) is 0. The number of amides is 1. The number of Topliss-reactive ketones (excluding diaryl/α,β-unsaturated/α-hetero) is 1. The third-order valence-corrected chi connectivity index (χ3v) is 3.97. The molecule has 7 heteroatoms. The summed E-state index contributed by atoms with van der Waals surface area (Å²) in [6.45, 7) is 2.58. The van der Waals surface area contributed by atoms with Crippen molar-refractivity contribution in [3.8, 4) is 0 Å². The molecule has 1 amide bonds. The summed E-state index contributed by atoms with van der Waals surface area (Å²) in [7, 11) is 0. The highest BCUT2D eigenvalue weighted by atomic mass is 32.1.